The molecule has 1 aromatic rings. The summed E-state index contributed by atoms with van der Waals surface area (Å²) in [5.41, 5.74) is 0.871. The molecule has 1 aliphatic carbocycles. The number of alkyl carbamates (subject to hydrolysis) is 1. The van der Waals surface area contributed by atoms with Crippen LogP contribution in [0.15, 0.2) is 30.3 Å². The Kier molecular flexibility index (Phi) is 7.51. The van der Waals surface area contributed by atoms with Crippen LogP contribution in [0.25, 0.3) is 0 Å². The molecule has 0 bridgehead atoms. The Morgan fingerprint density at radius 3 is 2.67 bits per heavy atom. The van der Waals surface area contributed by atoms with E-state index in [1.165, 1.54) is 0 Å². The summed E-state index contributed by atoms with van der Waals surface area (Å²) in [4.78, 5) is 37.8. The molecule has 1 saturated heterocycles. The number of hydrogen-bond donors (Lipinski definition) is 3. The SMILES string of the molecule is CO[C@@H]1CC[C@H](N2CC[C@H](NC(=O)OCc3ccccc3)C2=O)[C@H](CNC(=O)O)C1. The molecule has 9 heteroatoms. The maximum atomic E-state index is 12.9. The number of nitrogens with zero attached hydrogens (tertiary/aromatic N) is 1. The highest BCUT2D eigenvalue weighted by atomic mass is 16.5. The van der Waals surface area contributed by atoms with Gasteiger partial charge in [0.05, 0.1) is 6.10 Å². The fraction of sp³-hybridized carbons (Fsp3) is 0.571. The van der Waals surface area contributed by atoms with Gasteiger partial charge >= 0.3 is 12.2 Å². The van der Waals surface area contributed by atoms with Gasteiger partial charge in [-0.1, -0.05) is 30.3 Å². The number of methoxy groups -OCH3 is 1. The van der Waals surface area contributed by atoms with Crippen LogP contribution in [0.5, 0.6) is 0 Å². The Balaban J connectivity index is 1.54. The molecule has 1 aromatic carbocycles. The maximum absolute atomic E-state index is 12.9. The quantitative estimate of drug-likeness (QED) is 0.622. The molecule has 0 aromatic heterocycles. The average molecular weight is 419 g/mol. The van der Waals surface area contributed by atoms with Gasteiger partial charge in [-0.05, 0) is 37.2 Å². The third kappa shape index (κ3) is 5.63. The van der Waals surface area contributed by atoms with Crippen molar-refractivity contribution in [2.75, 3.05) is 20.2 Å². The van der Waals surface area contributed by atoms with Gasteiger partial charge in [-0.25, -0.2) is 9.59 Å². The maximum Gasteiger partial charge on any atom is 0.408 e. The lowest BCUT2D eigenvalue weighted by atomic mass is 9.81. The zero-order valence-electron chi connectivity index (χ0n) is 17.1. The lowest BCUT2D eigenvalue weighted by Gasteiger charge is -2.40. The molecular formula is C21H29N3O6. The summed E-state index contributed by atoms with van der Waals surface area (Å²) in [5, 5.41) is 14.1. The molecule has 0 unspecified atom stereocenters. The topological polar surface area (TPSA) is 117 Å². The van der Waals surface area contributed by atoms with E-state index in [4.69, 9.17) is 14.6 Å². The highest BCUT2D eigenvalue weighted by molar-refractivity contribution is 5.87. The van der Waals surface area contributed by atoms with Crippen molar-refractivity contribution in [3.05, 3.63) is 35.9 Å². The first-order valence-corrected chi connectivity index (χ1v) is 10.2. The molecule has 4 atom stereocenters. The molecule has 3 N–H and O–H groups in total. The van der Waals surface area contributed by atoms with Gasteiger partial charge in [0.2, 0.25) is 5.91 Å². The molecule has 1 saturated carbocycles. The Labute approximate surface area is 175 Å². The molecule has 1 aliphatic heterocycles. The van der Waals surface area contributed by atoms with Crippen LogP contribution in [0.1, 0.15) is 31.2 Å². The number of carbonyl (C=O) groups excluding carboxylic acids is 2. The normalized spacial score (nSPS) is 26.3. The minimum Gasteiger partial charge on any atom is -0.465 e. The molecule has 1 heterocycles. The molecular weight excluding hydrogens is 390 g/mol. The fourth-order valence-electron chi connectivity index (χ4n) is 4.34. The van der Waals surface area contributed by atoms with E-state index in [9.17, 15) is 14.4 Å². The number of amides is 3. The molecule has 0 spiro atoms. The number of likely N-dealkylation sites (tertiary alicyclic amines) is 1. The highest BCUT2D eigenvalue weighted by Gasteiger charge is 2.42. The smallest absolute Gasteiger partial charge is 0.408 e. The summed E-state index contributed by atoms with van der Waals surface area (Å²) in [6.07, 6.45) is 1.09. The second kappa shape index (κ2) is 10.3. The van der Waals surface area contributed by atoms with Crippen molar-refractivity contribution in [2.24, 2.45) is 5.92 Å². The monoisotopic (exact) mass is 419 g/mol. The van der Waals surface area contributed by atoms with Crippen LogP contribution in [0.4, 0.5) is 9.59 Å². The Morgan fingerprint density at radius 2 is 1.97 bits per heavy atom. The van der Waals surface area contributed by atoms with Crippen LogP contribution in [0.2, 0.25) is 0 Å². The summed E-state index contributed by atoms with van der Waals surface area (Å²) < 4.78 is 10.7. The average Bonchev–Trinajstić information content (AvgIpc) is 3.11. The van der Waals surface area contributed by atoms with Crippen LogP contribution in [0, 0.1) is 5.92 Å². The molecule has 3 rings (SSSR count). The van der Waals surface area contributed by atoms with Crippen molar-refractivity contribution in [1.29, 1.82) is 0 Å². The van der Waals surface area contributed by atoms with Gasteiger partial charge in [0.15, 0.2) is 0 Å². The van der Waals surface area contributed by atoms with E-state index in [1.54, 1.807) is 12.0 Å². The van der Waals surface area contributed by atoms with Gasteiger partial charge in [0.1, 0.15) is 12.6 Å². The van der Waals surface area contributed by atoms with Crippen LogP contribution in [0.3, 0.4) is 0 Å². The second-order valence-electron chi connectivity index (χ2n) is 7.76. The number of ether oxygens (including phenoxy) is 2. The highest BCUT2D eigenvalue weighted by Crippen LogP contribution is 2.32. The molecule has 30 heavy (non-hydrogen) atoms. The molecule has 2 fully saturated rings. The lowest BCUT2D eigenvalue weighted by molar-refractivity contribution is -0.133. The van der Waals surface area contributed by atoms with E-state index in [0.717, 1.165) is 18.4 Å². The first kappa shape index (κ1) is 21.9. The van der Waals surface area contributed by atoms with Gasteiger partial charge in [0.25, 0.3) is 0 Å². The van der Waals surface area contributed by atoms with Gasteiger partial charge in [0, 0.05) is 26.2 Å². The Bertz CT molecular complexity index is 744. The summed E-state index contributed by atoms with van der Waals surface area (Å²) in [6.45, 7) is 0.927. The van der Waals surface area contributed by atoms with Gasteiger partial charge in [-0.3, -0.25) is 4.79 Å². The van der Waals surface area contributed by atoms with Gasteiger partial charge < -0.3 is 30.1 Å². The number of hydrogen-bond acceptors (Lipinski definition) is 5. The van der Waals surface area contributed by atoms with Crippen LogP contribution in [-0.2, 0) is 20.9 Å². The summed E-state index contributed by atoms with van der Waals surface area (Å²) in [7, 11) is 1.65. The summed E-state index contributed by atoms with van der Waals surface area (Å²) >= 11 is 0. The van der Waals surface area contributed by atoms with E-state index in [-0.39, 0.29) is 37.1 Å². The predicted molar refractivity (Wildman–Crippen MR) is 108 cm³/mol. The summed E-state index contributed by atoms with van der Waals surface area (Å²) in [5.74, 6) is -0.180. The first-order chi connectivity index (χ1) is 14.5. The van der Waals surface area contributed by atoms with Crippen molar-refractivity contribution in [3.63, 3.8) is 0 Å². The van der Waals surface area contributed by atoms with Crippen LogP contribution >= 0.6 is 0 Å². The number of rotatable bonds is 7. The predicted octanol–water partition coefficient (Wildman–Crippen LogP) is 1.96. The third-order valence-corrected chi connectivity index (χ3v) is 5.89. The van der Waals surface area contributed by atoms with E-state index in [0.29, 0.717) is 19.4 Å². The second-order valence-corrected chi connectivity index (χ2v) is 7.76. The Hall–Kier alpha value is -2.81. The lowest BCUT2D eigenvalue weighted by Crippen LogP contribution is -2.51. The zero-order chi connectivity index (χ0) is 21.5. The summed E-state index contributed by atoms with van der Waals surface area (Å²) in [6, 6.07) is 8.62. The van der Waals surface area contributed by atoms with Crippen molar-refractivity contribution in [2.45, 2.75) is 50.5 Å². The molecule has 9 nitrogen and oxygen atoms in total. The number of carbonyl (C=O) groups is 3. The molecule has 3 amide bonds. The van der Waals surface area contributed by atoms with Crippen molar-refractivity contribution >= 4 is 18.1 Å². The third-order valence-electron chi connectivity index (χ3n) is 5.89. The fourth-order valence-corrected chi connectivity index (χ4v) is 4.34. The standard InChI is InChI=1S/C21H29N3O6/c1-29-16-7-8-18(15(11-16)12-22-20(26)27)24-10-9-17(19(24)25)23-21(28)30-13-14-5-3-2-4-6-14/h2-6,15-18,22H,7-13H2,1H3,(H,23,28)(H,26,27)/t15-,16+,17-,18-/m0/s1. The van der Waals surface area contributed by atoms with Crippen molar-refractivity contribution in [1.82, 2.24) is 15.5 Å². The van der Waals surface area contributed by atoms with E-state index in [2.05, 4.69) is 10.6 Å². The first-order valence-electron chi connectivity index (χ1n) is 10.2. The number of nitrogens with one attached hydrogen (secondary N) is 2. The molecule has 164 valence electrons. The van der Waals surface area contributed by atoms with Gasteiger partial charge in [-0.15, -0.1) is 0 Å². The van der Waals surface area contributed by atoms with E-state index < -0.39 is 18.2 Å². The van der Waals surface area contributed by atoms with E-state index >= 15 is 0 Å². The number of carboxylic acid groups (broad SMARTS) is 1. The van der Waals surface area contributed by atoms with Crippen LogP contribution in [-0.4, -0.2) is 66.5 Å². The zero-order valence-corrected chi connectivity index (χ0v) is 17.1. The molecule has 0 radical (unpaired) electrons. The van der Waals surface area contributed by atoms with Crippen molar-refractivity contribution < 1.29 is 29.0 Å². The molecule has 2 aliphatic rings. The Morgan fingerprint density at radius 1 is 1.20 bits per heavy atom. The van der Waals surface area contributed by atoms with Crippen LogP contribution < -0.4 is 10.6 Å². The minimum atomic E-state index is -1.08. The number of benzene rings is 1. The van der Waals surface area contributed by atoms with E-state index in [1.807, 2.05) is 30.3 Å². The largest absolute Gasteiger partial charge is 0.465 e. The minimum absolute atomic E-state index is 0.0347. The van der Waals surface area contributed by atoms with Crippen molar-refractivity contribution in [3.8, 4) is 0 Å². The van der Waals surface area contributed by atoms with Gasteiger partial charge in [-0.2, -0.15) is 0 Å².